The number of amides is 2. The van der Waals surface area contributed by atoms with Gasteiger partial charge >= 0.3 is 0 Å². The number of nitrogens with one attached hydrogen (secondary N) is 4. The monoisotopic (exact) mass is 876 g/mol. The molecule has 0 aliphatic carbocycles. The van der Waals surface area contributed by atoms with Gasteiger partial charge in [-0.15, -0.1) is 0 Å². The molecule has 288 valence electrons. The van der Waals surface area contributed by atoms with Crippen LogP contribution in [0.25, 0.3) is 0 Å². The number of amidine groups is 2. The van der Waals surface area contributed by atoms with Crippen molar-refractivity contribution in [2.45, 2.75) is 18.8 Å². The van der Waals surface area contributed by atoms with Gasteiger partial charge in [-0.25, -0.2) is 20.0 Å². The van der Waals surface area contributed by atoms with Gasteiger partial charge in [0.1, 0.15) is 0 Å². The van der Waals surface area contributed by atoms with E-state index in [9.17, 15) is 20.1 Å². The molecule has 0 radical (unpaired) electrons. The zero-order chi connectivity index (χ0) is 40.6. The first-order valence-corrected chi connectivity index (χ1v) is 20.0. The van der Waals surface area contributed by atoms with E-state index in [1.54, 1.807) is 72.8 Å². The van der Waals surface area contributed by atoms with Crippen molar-refractivity contribution >= 4 is 115 Å². The summed E-state index contributed by atoms with van der Waals surface area (Å²) in [5.74, 6) is -0.448. The summed E-state index contributed by atoms with van der Waals surface area (Å²) in [5.41, 5.74) is 16.0. The van der Waals surface area contributed by atoms with Gasteiger partial charge in [0.2, 0.25) is 11.8 Å². The molecular weight excluding hydrogens is 850 g/mol. The minimum atomic E-state index is -0.660. The van der Waals surface area contributed by atoms with Crippen molar-refractivity contribution in [1.29, 1.82) is 10.5 Å². The summed E-state index contributed by atoms with van der Waals surface area (Å²) >= 11 is 26.6. The van der Waals surface area contributed by atoms with Gasteiger partial charge in [-0.2, -0.15) is 10.5 Å². The Labute approximate surface area is 354 Å². The van der Waals surface area contributed by atoms with E-state index in [0.717, 1.165) is 23.5 Å². The number of thioether (sulfide) groups is 2. The molecule has 4 aromatic rings. The molecule has 0 unspecified atom stereocenters. The molecule has 8 N–H and O–H groups in total. The van der Waals surface area contributed by atoms with Crippen LogP contribution in [-0.2, 0) is 16.0 Å². The highest BCUT2D eigenvalue weighted by Crippen LogP contribution is 2.31. The maximum atomic E-state index is 12.9. The van der Waals surface area contributed by atoms with E-state index >= 15 is 0 Å². The number of hydrogen-bond acceptors (Lipinski definition) is 14. The molecule has 4 aromatic carbocycles. The molecule has 0 saturated carbocycles. The van der Waals surface area contributed by atoms with Gasteiger partial charge in [0.25, 0.3) is 0 Å². The number of aliphatic imine (C=N–C) groups is 4. The number of guanidine groups is 2. The van der Waals surface area contributed by atoms with E-state index in [-0.39, 0.29) is 41.7 Å². The second-order valence-corrected chi connectivity index (χ2v) is 15.6. The number of carbonyl (C=O) groups excluding carboxylic acids is 2. The van der Waals surface area contributed by atoms with E-state index in [4.69, 9.17) is 57.9 Å². The molecule has 0 saturated heterocycles. The van der Waals surface area contributed by atoms with E-state index in [1.807, 2.05) is 0 Å². The van der Waals surface area contributed by atoms with Crippen LogP contribution in [0.3, 0.4) is 0 Å². The van der Waals surface area contributed by atoms with Gasteiger partial charge in [-0.1, -0.05) is 94.2 Å². The Morgan fingerprint density at radius 1 is 0.632 bits per heavy atom. The Bertz CT molecular complexity index is 2310. The maximum Gasteiger partial charge on any atom is 0.234 e. The molecule has 2 amide bonds. The van der Waals surface area contributed by atoms with Crippen LogP contribution in [0, 0.1) is 22.7 Å². The highest BCUT2D eigenvalue weighted by atomic mass is 35.5. The predicted octanol–water partition coefficient (Wildman–Crippen LogP) is 6.92. The van der Waals surface area contributed by atoms with Gasteiger partial charge in [0, 0.05) is 28.9 Å². The molecular formula is C37H28Cl4N12O2S2. The Kier molecular flexibility index (Phi) is 13.5. The molecule has 6 rings (SSSR count). The quantitative estimate of drug-likeness (QED) is 0.0963. The van der Waals surface area contributed by atoms with Crippen molar-refractivity contribution in [3.63, 3.8) is 0 Å². The average molecular weight is 879 g/mol. The minimum Gasteiger partial charge on any atom is -0.370 e. The molecule has 2 aliphatic rings. The van der Waals surface area contributed by atoms with Crippen LogP contribution in [0.5, 0.6) is 0 Å². The van der Waals surface area contributed by atoms with Crippen molar-refractivity contribution in [2.75, 3.05) is 22.1 Å². The molecule has 0 aromatic heterocycles. The van der Waals surface area contributed by atoms with Crippen molar-refractivity contribution in [2.24, 2.45) is 31.4 Å². The van der Waals surface area contributed by atoms with E-state index in [1.165, 1.54) is 0 Å². The molecule has 14 nitrogen and oxygen atoms in total. The number of hydrogen-bond donors (Lipinski definition) is 6. The van der Waals surface area contributed by atoms with Crippen molar-refractivity contribution in [3.05, 3.63) is 126 Å². The Morgan fingerprint density at radius 2 is 1.05 bits per heavy atom. The number of nitrogens with zero attached hydrogens (tertiary/aromatic N) is 6. The highest BCUT2D eigenvalue weighted by molar-refractivity contribution is 8.14. The Balaban J connectivity index is 1.03. The maximum absolute atomic E-state index is 12.9. The number of benzene rings is 4. The van der Waals surface area contributed by atoms with Crippen LogP contribution in [0.4, 0.5) is 11.4 Å². The summed E-state index contributed by atoms with van der Waals surface area (Å²) in [7, 11) is 0. The summed E-state index contributed by atoms with van der Waals surface area (Å²) in [6.45, 7) is 0. The lowest BCUT2D eigenvalue weighted by Crippen LogP contribution is -2.39. The summed E-state index contributed by atoms with van der Waals surface area (Å²) in [4.78, 5) is 43.4. The largest absolute Gasteiger partial charge is 0.370 e. The summed E-state index contributed by atoms with van der Waals surface area (Å²) in [6.07, 6.45) is -1.07. The molecule has 2 atom stereocenters. The topological polar surface area (TPSA) is 231 Å². The van der Waals surface area contributed by atoms with Gasteiger partial charge in [0.05, 0.1) is 54.9 Å². The summed E-state index contributed by atoms with van der Waals surface area (Å²) < 4.78 is 0. The van der Waals surface area contributed by atoms with Crippen LogP contribution in [0.1, 0.15) is 45.7 Å². The van der Waals surface area contributed by atoms with E-state index in [2.05, 4.69) is 53.4 Å². The van der Waals surface area contributed by atoms with E-state index in [0.29, 0.717) is 75.2 Å². The van der Waals surface area contributed by atoms with Crippen LogP contribution < -0.4 is 32.7 Å². The number of nitrogens with two attached hydrogens (primary N) is 2. The van der Waals surface area contributed by atoms with Gasteiger partial charge in [-0.05, 0) is 59.7 Å². The molecule has 0 bridgehead atoms. The fourth-order valence-corrected chi connectivity index (χ4v) is 7.37. The number of halogens is 4. The molecule has 0 fully saturated rings. The van der Waals surface area contributed by atoms with Gasteiger partial charge in [-0.3, -0.25) is 9.59 Å². The Hall–Kier alpha value is -5.46. The normalized spacial score (nSPS) is 16.0. The molecule has 2 aliphatic heterocycles. The molecule has 0 spiro atoms. The SMILES string of the molecule is N#Cc1cc(NC(=O)CSC2=N[C@H](c3ccc(Cl)c(Cl)c3)N=C(N)N2)ccc1Cc1ccc(NC(=O)CSC2=N[C@H](c3ccc(Cl)c(Cl)c3)N=C(N)N2)cc1C#N. The highest BCUT2D eigenvalue weighted by Gasteiger charge is 2.21. The third-order valence-corrected chi connectivity index (χ3v) is 11.3. The van der Waals surface area contributed by atoms with Crippen LogP contribution in [0.2, 0.25) is 20.1 Å². The van der Waals surface area contributed by atoms with Crippen molar-refractivity contribution in [3.8, 4) is 12.1 Å². The zero-order valence-electron chi connectivity index (χ0n) is 29.2. The fraction of sp³-hybridized carbons (Fsp3) is 0.135. The third kappa shape index (κ3) is 10.9. The second-order valence-electron chi connectivity index (χ2n) is 12.1. The number of anilines is 2. The molecule has 57 heavy (non-hydrogen) atoms. The standard InChI is InChI=1S/C37H28Cl4N12O2S2/c38-26-7-3-20(12-28(26)40)32-48-34(44)52-36(50-32)56-16-30(54)46-24-5-1-18(22(10-24)14-42)9-19-2-6-25(11-23(19)15-43)47-31(55)17-57-37-51-33(49-35(45)53-37)21-4-8-27(39)29(41)13-21/h1-8,10-13,32-33H,9,16-17H2,(H,46,54)(H,47,55)(H3,44,48,50,52)(H3,45,49,51,53)/t32-,33-/m1/s1. The first-order valence-electron chi connectivity index (χ1n) is 16.5. The third-order valence-electron chi connectivity index (χ3n) is 8.04. The lowest BCUT2D eigenvalue weighted by Gasteiger charge is -2.19. The predicted molar refractivity (Wildman–Crippen MR) is 230 cm³/mol. The Morgan fingerprint density at radius 3 is 1.44 bits per heavy atom. The first kappa shape index (κ1) is 41.2. The summed E-state index contributed by atoms with van der Waals surface area (Å²) in [6, 6.07) is 24.3. The number of nitriles is 2. The lowest BCUT2D eigenvalue weighted by atomic mass is 9.96. The van der Waals surface area contributed by atoms with Gasteiger partial charge in [0.15, 0.2) is 34.6 Å². The molecule has 20 heteroatoms. The van der Waals surface area contributed by atoms with Crippen molar-refractivity contribution < 1.29 is 9.59 Å². The van der Waals surface area contributed by atoms with E-state index < -0.39 is 12.3 Å². The minimum absolute atomic E-state index is 0.0143. The van der Waals surface area contributed by atoms with Gasteiger partial charge < -0.3 is 32.7 Å². The number of carbonyl (C=O) groups is 2. The zero-order valence-corrected chi connectivity index (χ0v) is 33.8. The summed E-state index contributed by atoms with van der Waals surface area (Å²) in [5, 5.41) is 33.5. The smallest absolute Gasteiger partial charge is 0.234 e. The van der Waals surface area contributed by atoms with Crippen LogP contribution in [0.15, 0.2) is 92.8 Å². The lowest BCUT2D eigenvalue weighted by molar-refractivity contribution is -0.114. The van der Waals surface area contributed by atoms with Crippen molar-refractivity contribution in [1.82, 2.24) is 10.6 Å². The second kappa shape index (κ2) is 18.7. The average Bonchev–Trinajstić information content (AvgIpc) is 3.19. The van der Waals surface area contributed by atoms with Crippen LogP contribution >= 0.6 is 69.9 Å². The first-order chi connectivity index (χ1) is 27.4. The molecule has 2 heterocycles. The fourth-order valence-electron chi connectivity index (χ4n) is 5.37. The number of rotatable bonds is 10. The van der Waals surface area contributed by atoms with Crippen LogP contribution in [-0.4, -0.2) is 45.6 Å².